The molecule has 0 saturated heterocycles. The van der Waals surface area contributed by atoms with Crippen molar-refractivity contribution in [2.75, 3.05) is 4.72 Å². The fourth-order valence-electron chi connectivity index (χ4n) is 2.68. The van der Waals surface area contributed by atoms with Crippen LogP contribution in [0.25, 0.3) is 0 Å². The van der Waals surface area contributed by atoms with E-state index >= 15 is 0 Å². The molecular weight excluding hydrogens is 390 g/mol. The Bertz CT molecular complexity index is 1130. The van der Waals surface area contributed by atoms with E-state index in [1.165, 1.54) is 24.4 Å². The SMILES string of the molecule is O=C(NC1CC1)c1cccnc1Oc1cccc(NS(=O)(=O)c2ccccc2)c1. The first kappa shape index (κ1) is 18.9. The van der Waals surface area contributed by atoms with E-state index < -0.39 is 10.0 Å². The molecule has 3 aromatic rings. The number of carbonyl (C=O) groups excluding carboxylic acids is 1. The Morgan fingerprint density at radius 3 is 2.55 bits per heavy atom. The quantitative estimate of drug-likeness (QED) is 0.622. The number of anilines is 1. The average Bonchev–Trinajstić information content (AvgIpc) is 3.53. The Morgan fingerprint density at radius 1 is 1.00 bits per heavy atom. The van der Waals surface area contributed by atoms with Crippen molar-refractivity contribution in [2.45, 2.75) is 23.8 Å². The van der Waals surface area contributed by atoms with E-state index in [1.54, 1.807) is 48.5 Å². The summed E-state index contributed by atoms with van der Waals surface area (Å²) in [6, 6.07) is 18.1. The summed E-state index contributed by atoms with van der Waals surface area (Å²) in [5.74, 6) is 0.280. The van der Waals surface area contributed by atoms with Crippen LogP contribution in [-0.4, -0.2) is 25.4 Å². The Balaban J connectivity index is 1.53. The molecule has 0 atom stereocenters. The smallest absolute Gasteiger partial charge is 0.261 e. The number of hydrogen-bond acceptors (Lipinski definition) is 5. The van der Waals surface area contributed by atoms with E-state index in [9.17, 15) is 13.2 Å². The van der Waals surface area contributed by atoms with Crippen LogP contribution < -0.4 is 14.8 Å². The van der Waals surface area contributed by atoms with E-state index in [2.05, 4.69) is 15.0 Å². The largest absolute Gasteiger partial charge is 0.438 e. The third-order valence-corrected chi connectivity index (χ3v) is 5.68. The molecule has 2 N–H and O–H groups in total. The van der Waals surface area contributed by atoms with Gasteiger partial charge < -0.3 is 10.1 Å². The van der Waals surface area contributed by atoms with Gasteiger partial charge in [0.1, 0.15) is 11.3 Å². The summed E-state index contributed by atoms with van der Waals surface area (Å²) in [6.07, 6.45) is 3.49. The van der Waals surface area contributed by atoms with Crippen molar-refractivity contribution in [3.8, 4) is 11.6 Å². The second kappa shape index (κ2) is 7.92. The van der Waals surface area contributed by atoms with Crippen molar-refractivity contribution < 1.29 is 17.9 Å². The van der Waals surface area contributed by atoms with E-state index in [4.69, 9.17) is 4.74 Å². The number of nitrogens with one attached hydrogen (secondary N) is 2. The number of pyridine rings is 1. The topological polar surface area (TPSA) is 97.4 Å². The highest BCUT2D eigenvalue weighted by atomic mass is 32.2. The van der Waals surface area contributed by atoms with Crippen LogP contribution in [0.15, 0.2) is 77.8 Å². The van der Waals surface area contributed by atoms with Crippen LogP contribution in [0.3, 0.4) is 0 Å². The number of amides is 1. The van der Waals surface area contributed by atoms with Gasteiger partial charge >= 0.3 is 0 Å². The van der Waals surface area contributed by atoms with Crippen molar-refractivity contribution in [1.82, 2.24) is 10.3 Å². The number of benzene rings is 2. The lowest BCUT2D eigenvalue weighted by molar-refractivity contribution is 0.0948. The fraction of sp³-hybridized carbons (Fsp3) is 0.143. The van der Waals surface area contributed by atoms with Crippen molar-refractivity contribution in [3.05, 3.63) is 78.5 Å². The summed E-state index contributed by atoms with van der Waals surface area (Å²) >= 11 is 0. The molecular formula is C21H19N3O4S. The van der Waals surface area contributed by atoms with E-state index in [-0.39, 0.29) is 22.7 Å². The molecule has 1 saturated carbocycles. The first-order valence-electron chi connectivity index (χ1n) is 9.13. The zero-order valence-corrected chi connectivity index (χ0v) is 16.2. The molecule has 2 aromatic carbocycles. The summed E-state index contributed by atoms with van der Waals surface area (Å²) < 4.78 is 33.3. The molecule has 1 fully saturated rings. The maximum absolute atomic E-state index is 12.5. The van der Waals surface area contributed by atoms with Crippen molar-refractivity contribution in [3.63, 3.8) is 0 Å². The van der Waals surface area contributed by atoms with Gasteiger partial charge in [0.2, 0.25) is 5.88 Å². The summed E-state index contributed by atoms with van der Waals surface area (Å²) in [5, 5.41) is 2.91. The average molecular weight is 409 g/mol. The number of aromatic nitrogens is 1. The van der Waals surface area contributed by atoms with E-state index in [0.717, 1.165) is 12.8 Å². The van der Waals surface area contributed by atoms with Crippen molar-refractivity contribution in [2.24, 2.45) is 0 Å². The number of ether oxygens (including phenoxy) is 1. The fourth-order valence-corrected chi connectivity index (χ4v) is 3.75. The van der Waals surface area contributed by atoms with E-state index in [0.29, 0.717) is 17.0 Å². The molecule has 1 amide bonds. The monoisotopic (exact) mass is 409 g/mol. The van der Waals surface area contributed by atoms with Gasteiger partial charge in [0, 0.05) is 18.3 Å². The van der Waals surface area contributed by atoms with Gasteiger partial charge in [0.25, 0.3) is 15.9 Å². The molecule has 1 heterocycles. The maximum Gasteiger partial charge on any atom is 0.261 e. The zero-order valence-electron chi connectivity index (χ0n) is 15.4. The van der Waals surface area contributed by atoms with Gasteiger partial charge in [-0.05, 0) is 49.2 Å². The van der Waals surface area contributed by atoms with Crippen molar-refractivity contribution >= 4 is 21.6 Å². The number of sulfonamides is 1. The third kappa shape index (κ3) is 4.72. The van der Waals surface area contributed by atoms with Gasteiger partial charge in [0.15, 0.2) is 0 Å². The lowest BCUT2D eigenvalue weighted by Crippen LogP contribution is -2.25. The maximum atomic E-state index is 12.5. The molecule has 0 unspecified atom stereocenters. The molecule has 148 valence electrons. The minimum absolute atomic E-state index is 0.161. The molecule has 1 aromatic heterocycles. The minimum atomic E-state index is -3.72. The molecule has 1 aliphatic carbocycles. The van der Waals surface area contributed by atoms with Gasteiger partial charge in [-0.3, -0.25) is 9.52 Å². The Labute approximate surface area is 168 Å². The summed E-state index contributed by atoms with van der Waals surface area (Å²) in [6.45, 7) is 0. The Kier molecular flexibility index (Phi) is 5.18. The summed E-state index contributed by atoms with van der Waals surface area (Å²) in [7, 11) is -3.72. The van der Waals surface area contributed by atoms with Crippen molar-refractivity contribution in [1.29, 1.82) is 0 Å². The molecule has 0 aliphatic heterocycles. The van der Waals surface area contributed by atoms with Crippen LogP contribution in [0.2, 0.25) is 0 Å². The lowest BCUT2D eigenvalue weighted by Gasteiger charge is -2.12. The standard InChI is InChI=1S/C21H19N3O4S/c25-20(23-15-11-12-15)19-10-5-13-22-21(19)28-17-7-4-6-16(14-17)24-29(26,27)18-8-2-1-3-9-18/h1-10,13-15,24H,11-12H2,(H,23,25). The van der Waals surface area contributed by atoms with Crippen LogP contribution in [0, 0.1) is 0 Å². The summed E-state index contributed by atoms with van der Waals surface area (Å²) in [5.41, 5.74) is 0.668. The van der Waals surface area contributed by atoms with Gasteiger partial charge in [-0.2, -0.15) is 0 Å². The zero-order chi connectivity index (χ0) is 20.3. The molecule has 4 rings (SSSR count). The first-order valence-corrected chi connectivity index (χ1v) is 10.6. The molecule has 8 heteroatoms. The van der Waals surface area contributed by atoms with Gasteiger partial charge in [-0.15, -0.1) is 0 Å². The van der Waals surface area contributed by atoms with E-state index in [1.807, 2.05) is 0 Å². The molecule has 0 radical (unpaired) electrons. The number of rotatable bonds is 7. The number of hydrogen-bond donors (Lipinski definition) is 2. The predicted molar refractivity (Wildman–Crippen MR) is 108 cm³/mol. The predicted octanol–water partition coefficient (Wildman–Crippen LogP) is 3.57. The number of carbonyl (C=O) groups is 1. The van der Waals surface area contributed by atoms with Crippen LogP contribution >= 0.6 is 0 Å². The summed E-state index contributed by atoms with van der Waals surface area (Å²) in [4.78, 5) is 16.7. The molecule has 0 bridgehead atoms. The third-order valence-electron chi connectivity index (χ3n) is 4.28. The van der Waals surface area contributed by atoms with Crippen LogP contribution in [0.1, 0.15) is 23.2 Å². The molecule has 1 aliphatic rings. The highest BCUT2D eigenvalue weighted by Crippen LogP contribution is 2.27. The highest BCUT2D eigenvalue weighted by Gasteiger charge is 2.25. The van der Waals surface area contributed by atoms with Gasteiger partial charge in [-0.1, -0.05) is 24.3 Å². The van der Waals surface area contributed by atoms with Crippen LogP contribution in [0.5, 0.6) is 11.6 Å². The minimum Gasteiger partial charge on any atom is -0.438 e. The molecule has 0 spiro atoms. The second-order valence-corrected chi connectivity index (χ2v) is 8.33. The Morgan fingerprint density at radius 2 is 1.79 bits per heavy atom. The highest BCUT2D eigenvalue weighted by molar-refractivity contribution is 7.92. The number of nitrogens with zero attached hydrogens (tertiary/aromatic N) is 1. The second-order valence-electron chi connectivity index (χ2n) is 6.65. The molecule has 29 heavy (non-hydrogen) atoms. The van der Waals surface area contributed by atoms with Crippen LogP contribution in [0.4, 0.5) is 5.69 Å². The van der Waals surface area contributed by atoms with Gasteiger partial charge in [-0.25, -0.2) is 13.4 Å². The first-order chi connectivity index (χ1) is 14.0. The lowest BCUT2D eigenvalue weighted by atomic mass is 10.2. The van der Waals surface area contributed by atoms with Crippen LogP contribution in [-0.2, 0) is 10.0 Å². The normalized spacial score (nSPS) is 13.5. The molecule has 7 nitrogen and oxygen atoms in total. The van der Waals surface area contributed by atoms with Gasteiger partial charge in [0.05, 0.1) is 10.6 Å². The Hall–Kier alpha value is -3.39.